The Bertz CT molecular complexity index is 1610. The topological polar surface area (TPSA) is 101 Å². The molecule has 3 atom stereocenters. The molecule has 6 rings (SSSR count). The number of rotatable bonds is 9. The fraction of sp³-hybridized carbons (Fsp3) is 0.514. The number of aliphatic hydroxyl groups excluding tert-OH is 1. The second kappa shape index (κ2) is 13.9. The Morgan fingerprint density at radius 2 is 1.93 bits per heavy atom. The number of morpholine rings is 1. The number of hydrogen-bond acceptors (Lipinski definition) is 10. The molecule has 0 radical (unpaired) electrons. The molecule has 1 aromatic heterocycles. The maximum atomic E-state index is 14.0. The molecule has 1 N–H and O–H groups in total. The van der Waals surface area contributed by atoms with Crippen molar-refractivity contribution < 1.29 is 19.0 Å². The normalized spacial score (nSPS) is 21.7. The third-order valence-electron chi connectivity index (χ3n) is 9.50. The molecule has 0 bridgehead atoms. The highest BCUT2D eigenvalue weighted by Crippen LogP contribution is 2.36. The standard InChI is InChI=1S/C35H44FN7O3/c1-23(2)40-17-18-45-28(20-40)22-46-35-38-30-21-41(31-10-6-9-26-8-5-7-24(3)32(26)31)14-12-29(30)33(39-35)42-15-16-43(34(44)25(4)36)27(19-42)11-13-37/h5-10,23,27-28,34,44H,4,11-12,14-22H2,1-3H3/t27-,28?,34?/m0/s1. The van der Waals surface area contributed by atoms with Crippen LogP contribution in [0, 0.1) is 18.3 Å². The predicted octanol–water partition coefficient (Wildman–Crippen LogP) is 4.19. The number of fused-ring (bicyclic) bond motifs is 2. The van der Waals surface area contributed by atoms with Gasteiger partial charge in [-0.2, -0.15) is 15.2 Å². The number of aryl methyl sites for hydroxylation is 1. The van der Waals surface area contributed by atoms with Crippen molar-refractivity contribution in [3.8, 4) is 12.1 Å². The van der Waals surface area contributed by atoms with Crippen molar-refractivity contribution in [2.24, 2.45) is 0 Å². The second-order valence-corrected chi connectivity index (χ2v) is 12.8. The Balaban J connectivity index is 1.31. The summed E-state index contributed by atoms with van der Waals surface area (Å²) in [5, 5.41) is 22.5. The number of nitrogens with zero attached hydrogens (tertiary/aromatic N) is 7. The number of anilines is 2. The first-order chi connectivity index (χ1) is 22.2. The number of piperazine rings is 1. The van der Waals surface area contributed by atoms with Crippen molar-refractivity contribution in [3.05, 3.63) is 65.6 Å². The van der Waals surface area contributed by atoms with Crippen molar-refractivity contribution >= 4 is 22.3 Å². The van der Waals surface area contributed by atoms with Crippen molar-refractivity contribution in [2.45, 2.75) is 64.6 Å². The summed E-state index contributed by atoms with van der Waals surface area (Å²) in [6.45, 7) is 15.1. The van der Waals surface area contributed by atoms with Gasteiger partial charge >= 0.3 is 6.01 Å². The van der Waals surface area contributed by atoms with Crippen LogP contribution in [0.2, 0.25) is 0 Å². The number of ether oxygens (including phenoxy) is 2. The number of halogens is 1. The zero-order valence-electron chi connectivity index (χ0n) is 27.0. The minimum atomic E-state index is -1.45. The molecule has 46 heavy (non-hydrogen) atoms. The summed E-state index contributed by atoms with van der Waals surface area (Å²) in [6, 6.07) is 15.4. The first-order valence-electron chi connectivity index (χ1n) is 16.2. The number of aromatic nitrogens is 2. The lowest BCUT2D eigenvalue weighted by Gasteiger charge is -2.43. The highest BCUT2D eigenvalue weighted by molar-refractivity contribution is 5.97. The third kappa shape index (κ3) is 6.67. The van der Waals surface area contributed by atoms with Gasteiger partial charge in [0.2, 0.25) is 0 Å². The molecule has 3 aromatic rings. The number of nitriles is 1. The highest BCUT2D eigenvalue weighted by atomic mass is 19.1. The van der Waals surface area contributed by atoms with E-state index in [1.54, 1.807) is 4.90 Å². The molecule has 3 aliphatic rings. The Hall–Kier alpha value is -3.82. The Morgan fingerprint density at radius 3 is 2.70 bits per heavy atom. The van der Waals surface area contributed by atoms with Gasteiger partial charge in [0.25, 0.3) is 0 Å². The molecule has 0 aliphatic carbocycles. The van der Waals surface area contributed by atoms with Gasteiger partial charge in [-0.05, 0) is 44.2 Å². The summed E-state index contributed by atoms with van der Waals surface area (Å²) in [7, 11) is 0. The third-order valence-corrected chi connectivity index (χ3v) is 9.50. The first-order valence-corrected chi connectivity index (χ1v) is 16.2. The molecule has 2 aromatic carbocycles. The van der Waals surface area contributed by atoms with Crippen LogP contribution in [-0.4, -0.2) is 102 Å². The van der Waals surface area contributed by atoms with Crippen molar-refractivity contribution in [1.29, 1.82) is 5.26 Å². The molecule has 4 heterocycles. The van der Waals surface area contributed by atoms with Gasteiger partial charge in [-0.15, -0.1) is 0 Å². The molecule has 10 nitrogen and oxygen atoms in total. The van der Waals surface area contributed by atoms with E-state index < -0.39 is 18.1 Å². The molecule has 0 saturated carbocycles. The van der Waals surface area contributed by atoms with E-state index in [0.29, 0.717) is 51.4 Å². The maximum absolute atomic E-state index is 14.0. The average molecular weight is 630 g/mol. The van der Waals surface area contributed by atoms with E-state index in [1.807, 2.05) is 0 Å². The van der Waals surface area contributed by atoms with Gasteiger partial charge in [-0.1, -0.05) is 36.9 Å². The van der Waals surface area contributed by atoms with Gasteiger partial charge in [-0.3, -0.25) is 9.80 Å². The second-order valence-electron chi connectivity index (χ2n) is 12.8. The highest BCUT2D eigenvalue weighted by Gasteiger charge is 2.35. The molecular formula is C35H44FN7O3. The lowest BCUT2D eigenvalue weighted by atomic mass is 9.99. The fourth-order valence-corrected chi connectivity index (χ4v) is 7.02. The Kier molecular flexibility index (Phi) is 9.70. The van der Waals surface area contributed by atoms with Crippen LogP contribution in [0.15, 0.2) is 48.8 Å². The lowest BCUT2D eigenvalue weighted by molar-refractivity contribution is -0.0576. The zero-order chi connectivity index (χ0) is 32.4. The van der Waals surface area contributed by atoms with Gasteiger partial charge in [0.05, 0.1) is 31.3 Å². The molecule has 0 spiro atoms. The summed E-state index contributed by atoms with van der Waals surface area (Å²) in [4.78, 5) is 18.4. The van der Waals surface area contributed by atoms with E-state index in [2.05, 4.69) is 84.5 Å². The summed E-state index contributed by atoms with van der Waals surface area (Å²) < 4.78 is 26.3. The van der Waals surface area contributed by atoms with Crippen LogP contribution >= 0.6 is 0 Å². The van der Waals surface area contributed by atoms with Crippen LogP contribution in [0.1, 0.15) is 37.1 Å². The van der Waals surface area contributed by atoms with E-state index in [1.165, 1.54) is 22.0 Å². The first kappa shape index (κ1) is 32.1. The van der Waals surface area contributed by atoms with Crippen LogP contribution in [0.4, 0.5) is 15.9 Å². The maximum Gasteiger partial charge on any atom is 0.318 e. The molecule has 244 valence electrons. The van der Waals surface area contributed by atoms with Crippen molar-refractivity contribution in [3.63, 3.8) is 0 Å². The van der Waals surface area contributed by atoms with Gasteiger partial charge in [0.15, 0.2) is 6.23 Å². The van der Waals surface area contributed by atoms with Crippen molar-refractivity contribution in [1.82, 2.24) is 19.8 Å². The van der Waals surface area contributed by atoms with E-state index in [9.17, 15) is 14.8 Å². The number of aliphatic hydroxyl groups is 1. The van der Waals surface area contributed by atoms with Gasteiger partial charge in [-0.25, -0.2) is 4.39 Å². The largest absolute Gasteiger partial charge is 0.461 e. The Morgan fingerprint density at radius 1 is 1.13 bits per heavy atom. The molecule has 2 saturated heterocycles. The van der Waals surface area contributed by atoms with Crippen LogP contribution in [0.25, 0.3) is 10.8 Å². The fourth-order valence-electron chi connectivity index (χ4n) is 7.02. The van der Waals surface area contributed by atoms with Crippen LogP contribution in [0.5, 0.6) is 6.01 Å². The average Bonchev–Trinajstić information content (AvgIpc) is 3.06. The summed E-state index contributed by atoms with van der Waals surface area (Å²) >= 11 is 0. The van der Waals surface area contributed by atoms with E-state index in [4.69, 9.17) is 19.4 Å². The molecule has 3 aliphatic heterocycles. The summed E-state index contributed by atoms with van der Waals surface area (Å²) in [6.07, 6.45) is -0.669. The van der Waals surface area contributed by atoms with E-state index >= 15 is 0 Å². The number of benzene rings is 2. The lowest BCUT2D eigenvalue weighted by Crippen LogP contribution is -2.57. The smallest absolute Gasteiger partial charge is 0.318 e. The summed E-state index contributed by atoms with van der Waals surface area (Å²) in [5.74, 6) is -0.0468. The minimum Gasteiger partial charge on any atom is -0.461 e. The van der Waals surface area contributed by atoms with Crippen LogP contribution in [-0.2, 0) is 17.7 Å². The molecule has 2 fully saturated rings. The SMILES string of the molecule is C=C(F)C(O)N1CCN(c2nc(OCC3CN(C(C)C)CCO3)nc3c2CCN(c2cccc4cccc(C)c24)C3)C[C@@H]1CC#N. The minimum absolute atomic E-state index is 0.0896. The van der Waals surface area contributed by atoms with E-state index in [-0.39, 0.29) is 12.5 Å². The molecular weight excluding hydrogens is 585 g/mol. The van der Waals surface area contributed by atoms with Gasteiger partial charge < -0.3 is 24.4 Å². The van der Waals surface area contributed by atoms with E-state index in [0.717, 1.165) is 43.1 Å². The number of hydrogen-bond donors (Lipinski definition) is 1. The van der Waals surface area contributed by atoms with Crippen molar-refractivity contribution in [2.75, 3.05) is 62.3 Å². The van der Waals surface area contributed by atoms with Gasteiger partial charge in [0, 0.05) is 68.0 Å². The Labute approximate surface area is 270 Å². The summed E-state index contributed by atoms with van der Waals surface area (Å²) in [5.41, 5.74) is 4.37. The zero-order valence-corrected chi connectivity index (χ0v) is 27.0. The predicted molar refractivity (Wildman–Crippen MR) is 177 cm³/mol. The molecule has 2 unspecified atom stereocenters. The quantitative estimate of drug-likeness (QED) is 0.371. The molecule has 11 heteroatoms. The van der Waals surface area contributed by atoms with Crippen LogP contribution in [0.3, 0.4) is 0 Å². The van der Waals surface area contributed by atoms with Gasteiger partial charge in [0.1, 0.15) is 24.4 Å². The van der Waals surface area contributed by atoms with Crippen LogP contribution < -0.4 is 14.5 Å². The molecule has 0 amide bonds. The monoisotopic (exact) mass is 629 g/mol.